The predicted octanol–water partition coefficient (Wildman–Crippen LogP) is 4.72. The smallest absolute Gasteiger partial charge is 0.184 e. The Morgan fingerprint density at radius 1 is 0.962 bits per heavy atom. The zero-order valence-electron chi connectivity index (χ0n) is 15.6. The van der Waals surface area contributed by atoms with Gasteiger partial charge in [0.1, 0.15) is 5.52 Å². The zero-order valence-corrected chi connectivity index (χ0v) is 16.4. The van der Waals surface area contributed by atoms with E-state index in [9.17, 15) is 0 Å². The minimum Gasteiger partial charge on any atom is -0.370 e. The van der Waals surface area contributed by atoms with Gasteiger partial charge in [0.05, 0.1) is 10.4 Å². The summed E-state index contributed by atoms with van der Waals surface area (Å²) in [6, 6.07) is 8.15. The van der Waals surface area contributed by atoms with Crippen molar-refractivity contribution in [2.45, 2.75) is 63.5 Å². The second-order valence-corrected chi connectivity index (χ2v) is 9.28. The molecule has 1 aromatic carbocycles. The summed E-state index contributed by atoms with van der Waals surface area (Å²) >= 11 is 1.83. The summed E-state index contributed by atoms with van der Waals surface area (Å²) in [5.41, 5.74) is 2.55. The summed E-state index contributed by atoms with van der Waals surface area (Å²) in [5, 5.41) is 4.89. The van der Waals surface area contributed by atoms with Crippen LogP contribution in [0.15, 0.2) is 18.2 Å². The average Bonchev–Trinajstić information content (AvgIpc) is 3.46. The van der Waals surface area contributed by atoms with Gasteiger partial charge in [-0.3, -0.25) is 4.90 Å². The summed E-state index contributed by atoms with van der Waals surface area (Å²) < 4.78 is 1.32. The number of hydrogen-bond acceptors (Lipinski definition) is 5. The molecule has 0 bridgehead atoms. The van der Waals surface area contributed by atoms with Crippen LogP contribution in [0.5, 0.6) is 0 Å². The fraction of sp³-hybridized carbons (Fsp3) is 0.667. The molecular weight excluding hydrogens is 340 g/mol. The molecule has 0 radical (unpaired) electrons. The van der Waals surface area contributed by atoms with E-state index in [4.69, 9.17) is 4.98 Å². The number of nitrogens with zero attached hydrogens (tertiary/aromatic N) is 3. The molecule has 1 aromatic heterocycles. The molecule has 0 spiro atoms. The second kappa shape index (κ2) is 7.35. The number of likely N-dealkylation sites (tertiary alicyclic amines) is 1. The Kier molecular flexibility index (Phi) is 4.76. The number of hydrogen-bond donors (Lipinski definition) is 1. The standard InChI is InChI=1S/C21H30N4S/c1-2-4-13-24(12-3-1)18-8-5-9-19-20(18)23-21(26-19)22-16-7-6-14-25(15-16)17-10-11-17/h5,8-9,16-17H,1-4,6-7,10-15H2,(H,22,23). The van der Waals surface area contributed by atoms with Gasteiger partial charge in [0.15, 0.2) is 5.13 Å². The maximum Gasteiger partial charge on any atom is 0.184 e. The highest BCUT2D eigenvalue weighted by molar-refractivity contribution is 7.22. The van der Waals surface area contributed by atoms with E-state index in [1.54, 1.807) is 0 Å². The van der Waals surface area contributed by atoms with Crippen LogP contribution in [0, 0.1) is 0 Å². The molecule has 140 valence electrons. The van der Waals surface area contributed by atoms with Crippen molar-refractivity contribution in [3.8, 4) is 0 Å². The Labute approximate surface area is 160 Å². The molecule has 4 nitrogen and oxygen atoms in total. The Morgan fingerprint density at radius 3 is 2.62 bits per heavy atom. The van der Waals surface area contributed by atoms with Crippen LogP contribution in [-0.2, 0) is 0 Å². The monoisotopic (exact) mass is 370 g/mol. The van der Waals surface area contributed by atoms with Gasteiger partial charge in [0.2, 0.25) is 0 Å². The third-order valence-electron chi connectivity index (χ3n) is 6.19. The van der Waals surface area contributed by atoms with Crippen molar-refractivity contribution in [3.05, 3.63) is 18.2 Å². The Balaban J connectivity index is 1.35. The van der Waals surface area contributed by atoms with Gasteiger partial charge in [0, 0.05) is 31.7 Å². The van der Waals surface area contributed by atoms with Crippen LogP contribution >= 0.6 is 11.3 Å². The molecule has 5 heteroatoms. The summed E-state index contributed by atoms with van der Waals surface area (Å²) in [5.74, 6) is 0. The number of para-hydroxylation sites is 1. The largest absolute Gasteiger partial charge is 0.370 e. The summed E-state index contributed by atoms with van der Waals surface area (Å²) in [6.45, 7) is 4.85. The van der Waals surface area contributed by atoms with E-state index >= 15 is 0 Å². The molecule has 3 fully saturated rings. The molecular formula is C21H30N4S. The molecule has 26 heavy (non-hydrogen) atoms. The van der Waals surface area contributed by atoms with Crippen LogP contribution in [0.25, 0.3) is 10.2 Å². The number of aromatic nitrogens is 1. The lowest BCUT2D eigenvalue weighted by molar-refractivity contribution is 0.207. The third-order valence-corrected chi connectivity index (χ3v) is 7.14. The van der Waals surface area contributed by atoms with Crippen molar-refractivity contribution in [2.24, 2.45) is 0 Å². The number of benzene rings is 1. The Morgan fingerprint density at radius 2 is 1.81 bits per heavy atom. The number of nitrogens with one attached hydrogen (secondary N) is 1. The first-order valence-corrected chi connectivity index (χ1v) is 11.3. The van der Waals surface area contributed by atoms with Crippen LogP contribution in [0.2, 0.25) is 0 Å². The first-order chi connectivity index (χ1) is 12.9. The van der Waals surface area contributed by atoms with Gasteiger partial charge in [-0.2, -0.15) is 0 Å². The number of piperidine rings is 1. The fourth-order valence-corrected chi connectivity index (χ4v) is 5.60. The quantitative estimate of drug-likeness (QED) is 0.844. The summed E-state index contributed by atoms with van der Waals surface area (Å²) in [4.78, 5) is 10.3. The minimum absolute atomic E-state index is 0.562. The molecule has 1 atom stereocenters. The highest BCUT2D eigenvalue weighted by Crippen LogP contribution is 2.35. The zero-order chi connectivity index (χ0) is 17.3. The first-order valence-electron chi connectivity index (χ1n) is 10.5. The normalized spacial score (nSPS) is 25.4. The van der Waals surface area contributed by atoms with E-state index in [-0.39, 0.29) is 0 Å². The molecule has 1 aliphatic carbocycles. The lowest BCUT2D eigenvalue weighted by atomic mass is 10.1. The number of thiazole rings is 1. The Bertz CT molecular complexity index is 746. The molecule has 1 saturated carbocycles. The minimum atomic E-state index is 0.562. The van der Waals surface area contributed by atoms with Gasteiger partial charge in [-0.15, -0.1) is 0 Å². The highest BCUT2D eigenvalue weighted by atomic mass is 32.1. The van der Waals surface area contributed by atoms with Crippen molar-refractivity contribution in [2.75, 3.05) is 36.4 Å². The number of anilines is 2. The molecule has 0 amide bonds. The number of fused-ring (bicyclic) bond motifs is 1. The number of rotatable bonds is 4. The lowest BCUT2D eigenvalue weighted by Crippen LogP contribution is -2.43. The summed E-state index contributed by atoms with van der Waals surface area (Å²) in [7, 11) is 0. The topological polar surface area (TPSA) is 31.4 Å². The van der Waals surface area contributed by atoms with Crippen molar-refractivity contribution < 1.29 is 0 Å². The molecule has 2 saturated heterocycles. The molecule has 2 aromatic rings. The van der Waals surface area contributed by atoms with Gasteiger partial charge in [0.25, 0.3) is 0 Å². The van der Waals surface area contributed by atoms with Gasteiger partial charge < -0.3 is 10.2 Å². The van der Waals surface area contributed by atoms with E-state index in [0.717, 1.165) is 11.2 Å². The fourth-order valence-electron chi connectivity index (χ4n) is 4.63. The Hall–Kier alpha value is -1.33. The maximum atomic E-state index is 5.05. The van der Waals surface area contributed by atoms with E-state index < -0.39 is 0 Å². The maximum absolute atomic E-state index is 5.05. The van der Waals surface area contributed by atoms with E-state index in [0.29, 0.717) is 6.04 Å². The van der Waals surface area contributed by atoms with Crippen LogP contribution in [0.1, 0.15) is 51.4 Å². The van der Waals surface area contributed by atoms with Crippen molar-refractivity contribution >= 4 is 32.4 Å². The summed E-state index contributed by atoms with van der Waals surface area (Å²) in [6.07, 6.45) is 10.8. The van der Waals surface area contributed by atoms with Crippen molar-refractivity contribution in [1.82, 2.24) is 9.88 Å². The van der Waals surface area contributed by atoms with Gasteiger partial charge >= 0.3 is 0 Å². The first kappa shape index (κ1) is 16.8. The molecule has 1 N–H and O–H groups in total. The van der Waals surface area contributed by atoms with E-state index in [2.05, 4.69) is 33.3 Å². The predicted molar refractivity (Wildman–Crippen MR) is 112 cm³/mol. The average molecular weight is 371 g/mol. The van der Waals surface area contributed by atoms with Crippen LogP contribution in [0.3, 0.4) is 0 Å². The van der Waals surface area contributed by atoms with Crippen LogP contribution in [0.4, 0.5) is 10.8 Å². The molecule has 2 aliphatic heterocycles. The van der Waals surface area contributed by atoms with Crippen molar-refractivity contribution in [3.63, 3.8) is 0 Å². The molecule has 3 heterocycles. The third kappa shape index (κ3) is 3.56. The van der Waals surface area contributed by atoms with Crippen LogP contribution < -0.4 is 10.2 Å². The van der Waals surface area contributed by atoms with Crippen molar-refractivity contribution in [1.29, 1.82) is 0 Å². The second-order valence-electron chi connectivity index (χ2n) is 8.25. The molecule has 5 rings (SSSR count). The lowest BCUT2D eigenvalue weighted by Gasteiger charge is -2.33. The van der Waals surface area contributed by atoms with E-state index in [1.807, 2.05) is 11.3 Å². The van der Waals surface area contributed by atoms with Gasteiger partial charge in [-0.25, -0.2) is 4.98 Å². The highest BCUT2D eigenvalue weighted by Gasteiger charge is 2.32. The SMILES string of the molecule is c1cc(N2CCCCCC2)c2nc(NC3CCCN(C4CC4)C3)sc2c1. The van der Waals surface area contributed by atoms with Gasteiger partial charge in [-0.05, 0) is 57.2 Å². The van der Waals surface area contributed by atoms with Crippen LogP contribution in [-0.4, -0.2) is 48.1 Å². The van der Waals surface area contributed by atoms with E-state index in [1.165, 1.54) is 93.4 Å². The van der Waals surface area contributed by atoms with Gasteiger partial charge in [-0.1, -0.05) is 30.2 Å². The molecule has 1 unspecified atom stereocenters. The molecule has 3 aliphatic rings.